The van der Waals surface area contributed by atoms with Gasteiger partial charge in [-0.05, 0) is 31.5 Å². The van der Waals surface area contributed by atoms with Crippen molar-refractivity contribution in [1.29, 1.82) is 0 Å². The molecule has 0 aromatic heterocycles. The molecule has 0 bridgehead atoms. The molecule has 1 aliphatic rings. The first-order valence-corrected chi connectivity index (χ1v) is 7.45. The molecular formula is C14H18Cl2N2O2. The van der Waals surface area contributed by atoms with E-state index in [0.717, 1.165) is 19.4 Å². The Balaban J connectivity index is 1.87. The lowest BCUT2D eigenvalue weighted by Crippen LogP contribution is -2.41. The van der Waals surface area contributed by atoms with Gasteiger partial charge < -0.3 is 15.7 Å². The highest BCUT2D eigenvalue weighted by molar-refractivity contribution is 6.35. The Morgan fingerprint density at radius 1 is 1.50 bits per heavy atom. The smallest absolute Gasteiger partial charge is 0.224 e. The van der Waals surface area contributed by atoms with Crippen LogP contribution in [0.15, 0.2) is 18.2 Å². The summed E-state index contributed by atoms with van der Waals surface area (Å²) in [5, 5.41) is 17.0. The van der Waals surface area contributed by atoms with E-state index in [1.165, 1.54) is 0 Å². The number of piperidine rings is 1. The summed E-state index contributed by atoms with van der Waals surface area (Å²) in [4.78, 5) is 12.0. The van der Waals surface area contributed by atoms with Gasteiger partial charge in [-0.2, -0.15) is 0 Å². The van der Waals surface area contributed by atoms with Crippen molar-refractivity contribution in [2.24, 2.45) is 5.92 Å². The maximum atomic E-state index is 12.0. The van der Waals surface area contributed by atoms with Gasteiger partial charge in [-0.25, -0.2) is 0 Å². The van der Waals surface area contributed by atoms with Crippen LogP contribution >= 0.6 is 23.2 Å². The van der Waals surface area contributed by atoms with Gasteiger partial charge in [-0.3, -0.25) is 4.79 Å². The van der Waals surface area contributed by atoms with Crippen molar-refractivity contribution in [1.82, 2.24) is 10.6 Å². The Hall–Kier alpha value is -0.810. The van der Waals surface area contributed by atoms with Crippen molar-refractivity contribution in [3.05, 3.63) is 33.8 Å². The summed E-state index contributed by atoms with van der Waals surface area (Å²) in [6, 6.07) is 4.91. The molecule has 1 aromatic rings. The van der Waals surface area contributed by atoms with Gasteiger partial charge in [0, 0.05) is 28.7 Å². The predicted molar refractivity (Wildman–Crippen MR) is 80.0 cm³/mol. The van der Waals surface area contributed by atoms with E-state index in [9.17, 15) is 9.90 Å². The maximum Gasteiger partial charge on any atom is 0.224 e. The first kappa shape index (κ1) is 15.6. The average molecular weight is 317 g/mol. The van der Waals surface area contributed by atoms with Gasteiger partial charge >= 0.3 is 0 Å². The summed E-state index contributed by atoms with van der Waals surface area (Å²) in [6.07, 6.45) is 1.06. The summed E-state index contributed by atoms with van der Waals surface area (Å²) in [6.45, 7) is 1.81. The van der Waals surface area contributed by atoms with Crippen LogP contribution in [0.2, 0.25) is 10.0 Å². The third-order valence-electron chi connectivity index (χ3n) is 3.46. The molecule has 1 saturated heterocycles. The normalized spacial score (nSPS) is 20.4. The fraction of sp³-hybridized carbons (Fsp3) is 0.500. The fourth-order valence-corrected chi connectivity index (χ4v) is 2.83. The quantitative estimate of drug-likeness (QED) is 0.797. The minimum absolute atomic E-state index is 0.0170. The van der Waals surface area contributed by atoms with E-state index < -0.39 is 6.10 Å². The Bertz CT molecular complexity index is 476. The molecule has 0 saturated carbocycles. The summed E-state index contributed by atoms with van der Waals surface area (Å²) in [5.74, 6) is -0.0435. The van der Waals surface area contributed by atoms with Crippen LogP contribution in [0.4, 0.5) is 0 Å². The molecule has 0 radical (unpaired) electrons. The van der Waals surface area contributed by atoms with Gasteiger partial charge in [-0.1, -0.05) is 29.3 Å². The van der Waals surface area contributed by atoms with E-state index in [2.05, 4.69) is 10.6 Å². The number of nitrogens with one attached hydrogen (secondary N) is 2. The maximum absolute atomic E-state index is 12.0. The first-order valence-electron chi connectivity index (χ1n) is 6.69. The predicted octanol–water partition coefficient (Wildman–Crippen LogP) is 2.14. The third-order valence-corrected chi connectivity index (χ3v) is 4.02. The van der Waals surface area contributed by atoms with Crippen LogP contribution in [0.5, 0.6) is 0 Å². The molecule has 6 heteroatoms. The second kappa shape index (κ2) is 7.27. The minimum Gasteiger partial charge on any atom is -0.387 e. The summed E-state index contributed by atoms with van der Waals surface area (Å²) < 4.78 is 0. The molecule has 1 heterocycles. The highest BCUT2D eigenvalue weighted by atomic mass is 35.5. The van der Waals surface area contributed by atoms with Crippen molar-refractivity contribution < 1.29 is 9.90 Å². The number of carbonyl (C=O) groups excluding carboxylic acids is 1. The van der Waals surface area contributed by atoms with Crippen molar-refractivity contribution in [3.63, 3.8) is 0 Å². The largest absolute Gasteiger partial charge is 0.387 e. The van der Waals surface area contributed by atoms with E-state index in [0.29, 0.717) is 22.2 Å². The Morgan fingerprint density at radius 3 is 2.95 bits per heavy atom. The van der Waals surface area contributed by atoms with Crippen LogP contribution in [-0.2, 0) is 4.79 Å². The molecule has 2 unspecified atom stereocenters. The summed E-state index contributed by atoms with van der Waals surface area (Å²) >= 11 is 11.8. The van der Waals surface area contributed by atoms with Crippen LogP contribution in [0, 0.1) is 5.92 Å². The number of amides is 1. The topological polar surface area (TPSA) is 61.4 Å². The fourth-order valence-electron chi connectivity index (χ4n) is 2.30. The van der Waals surface area contributed by atoms with Crippen LogP contribution in [0.3, 0.4) is 0 Å². The van der Waals surface area contributed by atoms with E-state index in [1.54, 1.807) is 18.2 Å². The third kappa shape index (κ3) is 4.09. The Labute approximate surface area is 128 Å². The molecule has 2 atom stereocenters. The summed E-state index contributed by atoms with van der Waals surface area (Å²) in [5.41, 5.74) is 0.568. The van der Waals surface area contributed by atoms with Gasteiger partial charge in [0.05, 0.1) is 12.0 Å². The van der Waals surface area contributed by atoms with Gasteiger partial charge in [0.15, 0.2) is 0 Å². The molecule has 1 aliphatic heterocycles. The van der Waals surface area contributed by atoms with Gasteiger partial charge in [0.2, 0.25) is 5.91 Å². The highest BCUT2D eigenvalue weighted by Crippen LogP contribution is 2.26. The molecule has 1 aromatic carbocycles. The molecule has 0 spiro atoms. The minimum atomic E-state index is -0.833. The van der Waals surface area contributed by atoms with Crippen molar-refractivity contribution in [2.75, 3.05) is 19.6 Å². The van der Waals surface area contributed by atoms with E-state index in [4.69, 9.17) is 23.2 Å². The number of aliphatic hydroxyl groups excluding tert-OH is 1. The van der Waals surface area contributed by atoms with Gasteiger partial charge in [-0.15, -0.1) is 0 Å². The van der Waals surface area contributed by atoms with E-state index in [1.807, 2.05) is 0 Å². The van der Waals surface area contributed by atoms with Crippen LogP contribution in [-0.4, -0.2) is 30.6 Å². The number of benzene rings is 1. The second-order valence-corrected chi connectivity index (χ2v) is 5.81. The Morgan fingerprint density at radius 2 is 2.30 bits per heavy atom. The number of aliphatic hydroxyl groups is 1. The molecule has 1 amide bonds. The molecule has 0 aliphatic carbocycles. The first-order chi connectivity index (χ1) is 9.58. The summed E-state index contributed by atoms with van der Waals surface area (Å²) in [7, 11) is 0. The number of hydrogen-bond acceptors (Lipinski definition) is 3. The molecule has 1 fully saturated rings. The molecular weight excluding hydrogens is 299 g/mol. The highest BCUT2D eigenvalue weighted by Gasteiger charge is 2.21. The molecule has 3 N–H and O–H groups in total. The van der Waals surface area contributed by atoms with Gasteiger partial charge in [0.25, 0.3) is 0 Å². The average Bonchev–Trinajstić information content (AvgIpc) is 2.45. The SMILES string of the molecule is O=C(NCC(O)c1ccc(Cl)cc1Cl)C1CCCNC1. The number of hydrogen-bond donors (Lipinski definition) is 3. The lowest BCUT2D eigenvalue weighted by atomic mass is 9.98. The molecule has 2 rings (SSSR count). The van der Waals surface area contributed by atoms with E-state index in [-0.39, 0.29) is 18.4 Å². The van der Waals surface area contributed by atoms with Crippen LogP contribution < -0.4 is 10.6 Å². The lowest BCUT2D eigenvalue weighted by Gasteiger charge is -2.22. The number of carbonyl (C=O) groups is 1. The van der Waals surface area contributed by atoms with Crippen LogP contribution in [0.25, 0.3) is 0 Å². The Kier molecular flexibility index (Phi) is 5.66. The zero-order valence-electron chi connectivity index (χ0n) is 11.0. The number of halogens is 2. The monoisotopic (exact) mass is 316 g/mol. The van der Waals surface area contributed by atoms with Gasteiger partial charge in [0.1, 0.15) is 0 Å². The number of rotatable bonds is 4. The standard InChI is InChI=1S/C14H18Cl2N2O2/c15-10-3-4-11(12(16)6-10)13(19)8-18-14(20)9-2-1-5-17-7-9/h3-4,6,9,13,17,19H,1-2,5,7-8H2,(H,18,20). The van der Waals surface area contributed by atoms with Crippen LogP contribution in [0.1, 0.15) is 24.5 Å². The van der Waals surface area contributed by atoms with E-state index >= 15 is 0 Å². The second-order valence-electron chi connectivity index (χ2n) is 4.97. The zero-order chi connectivity index (χ0) is 14.5. The molecule has 20 heavy (non-hydrogen) atoms. The van der Waals surface area contributed by atoms with Crippen molar-refractivity contribution >= 4 is 29.1 Å². The zero-order valence-corrected chi connectivity index (χ0v) is 12.5. The molecule has 4 nitrogen and oxygen atoms in total. The van der Waals surface area contributed by atoms with Crippen molar-refractivity contribution in [2.45, 2.75) is 18.9 Å². The molecule has 110 valence electrons. The van der Waals surface area contributed by atoms with Crippen molar-refractivity contribution in [3.8, 4) is 0 Å². The lowest BCUT2D eigenvalue weighted by molar-refractivity contribution is -0.125.